The largest absolute Gasteiger partial charge is 0.465 e. The predicted octanol–water partition coefficient (Wildman–Crippen LogP) is 1.70. The zero-order valence-electron chi connectivity index (χ0n) is 6.28. The molecule has 0 aromatic carbocycles. The first-order chi connectivity index (χ1) is 6.13. The molecular formula is C7H4ClN3O2. The molecule has 13 heavy (non-hydrogen) atoms. The van der Waals surface area contributed by atoms with Gasteiger partial charge in [-0.25, -0.2) is 9.78 Å². The van der Waals surface area contributed by atoms with Crippen molar-refractivity contribution in [3.63, 3.8) is 0 Å². The predicted molar refractivity (Wildman–Crippen MR) is 45.6 cm³/mol. The fourth-order valence-corrected chi connectivity index (χ4v) is 0.885. The fourth-order valence-electron chi connectivity index (χ4n) is 0.691. The molecule has 66 valence electrons. The number of nitriles is 1. The Balaban J connectivity index is 2.97. The minimum atomic E-state index is -1.23. The lowest BCUT2D eigenvalue weighted by Crippen LogP contribution is -2.08. The minimum Gasteiger partial charge on any atom is -0.465 e. The SMILES string of the molecule is N#Cc1cnc(NC(=O)O)cc1Cl. The molecule has 5 nitrogen and oxygen atoms in total. The van der Waals surface area contributed by atoms with Gasteiger partial charge in [0.05, 0.1) is 10.6 Å². The van der Waals surface area contributed by atoms with E-state index < -0.39 is 6.09 Å². The van der Waals surface area contributed by atoms with Gasteiger partial charge >= 0.3 is 6.09 Å². The average Bonchev–Trinajstić information content (AvgIpc) is 2.03. The van der Waals surface area contributed by atoms with Crippen molar-refractivity contribution in [2.75, 3.05) is 5.32 Å². The Kier molecular flexibility index (Phi) is 2.67. The highest BCUT2D eigenvalue weighted by molar-refractivity contribution is 6.31. The Labute approximate surface area is 78.6 Å². The highest BCUT2D eigenvalue weighted by Crippen LogP contribution is 2.17. The Bertz CT molecular complexity index is 386. The Hall–Kier alpha value is -1.80. The molecule has 1 heterocycles. The zero-order valence-corrected chi connectivity index (χ0v) is 7.04. The molecule has 1 aromatic rings. The third-order valence-corrected chi connectivity index (χ3v) is 1.52. The summed E-state index contributed by atoms with van der Waals surface area (Å²) in [6.07, 6.45) is -0.0265. The monoisotopic (exact) mass is 197 g/mol. The molecule has 0 atom stereocenters. The van der Waals surface area contributed by atoms with Gasteiger partial charge in [-0.1, -0.05) is 11.6 Å². The molecule has 0 unspecified atom stereocenters. The summed E-state index contributed by atoms with van der Waals surface area (Å²) in [4.78, 5) is 13.8. The summed E-state index contributed by atoms with van der Waals surface area (Å²) in [6, 6.07) is 3.08. The number of halogens is 1. The number of carboxylic acid groups (broad SMARTS) is 1. The van der Waals surface area contributed by atoms with Crippen molar-refractivity contribution in [2.45, 2.75) is 0 Å². The van der Waals surface area contributed by atoms with E-state index in [2.05, 4.69) is 4.98 Å². The Morgan fingerprint density at radius 2 is 2.46 bits per heavy atom. The van der Waals surface area contributed by atoms with Crippen LogP contribution in [0.15, 0.2) is 12.3 Å². The molecule has 0 aliphatic carbocycles. The van der Waals surface area contributed by atoms with Crippen molar-refractivity contribution in [1.29, 1.82) is 5.26 Å². The second kappa shape index (κ2) is 3.74. The van der Waals surface area contributed by atoms with Gasteiger partial charge in [0.15, 0.2) is 0 Å². The highest BCUT2D eigenvalue weighted by atomic mass is 35.5. The van der Waals surface area contributed by atoms with E-state index in [1.807, 2.05) is 5.32 Å². The number of pyridine rings is 1. The van der Waals surface area contributed by atoms with E-state index in [0.717, 1.165) is 0 Å². The van der Waals surface area contributed by atoms with Gasteiger partial charge in [0.2, 0.25) is 0 Å². The number of nitrogens with one attached hydrogen (secondary N) is 1. The molecule has 0 aliphatic rings. The van der Waals surface area contributed by atoms with Crippen LogP contribution in [0.25, 0.3) is 0 Å². The molecular weight excluding hydrogens is 194 g/mol. The molecule has 1 amide bonds. The van der Waals surface area contributed by atoms with Crippen LogP contribution in [0.4, 0.5) is 10.6 Å². The van der Waals surface area contributed by atoms with Crippen molar-refractivity contribution in [1.82, 2.24) is 4.98 Å². The number of hydrogen-bond donors (Lipinski definition) is 2. The normalized spacial score (nSPS) is 8.92. The maximum atomic E-state index is 10.2. The quantitative estimate of drug-likeness (QED) is 0.717. The molecule has 6 heteroatoms. The van der Waals surface area contributed by atoms with Crippen LogP contribution in [0.3, 0.4) is 0 Å². The van der Waals surface area contributed by atoms with Crippen LogP contribution >= 0.6 is 11.6 Å². The number of amides is 1. The summed E-state index contributed by atoms with van der Waals surface area (Å²) in [5, 5.41) is 19.0. The van der Waals surface area contributed by atoms with Gasteiger partial charge in [0.1, 0.15) is 11.9 Å². The van der Waals surface area contributed by atoms with E-state index in [1.54, 1.807) is 6.07 Å². The zero-order chi connectivity index (χ0) is 9.84. The molecule has 0 spiro atoms. The van der Waals surface area contributed by atoms with E-state index in [1.165, 1.54) is 12.3 Å². The summed E-state index contributed by atoms with van der Waals surface area (Å²) in [7, 11) is 0. The number of anilines is 1. The van der Waals surface area contributed by atoms with Gasteiger partial charge in [-0.15, -0.1) is 0 Å². The number of hydrogen-bond acceptors (Lipinski definition) is 3. The van der Waals surface area contributed by atoms with Gasteiger partial charge in [-0.2, -0.15) is 5.26 Å². The summed E-state index contributed by atoms with van der Waals surface area (Å²) in [6.45, 7) is 0. The average molecular weight is 198 g/mol. The number of rotatable bonds is 1. The highest BCUT2D eigenvalue weighted by Gasteiger charge is 2.03. The van der Waals surface area contributed by atoms with E-state index in [0.29, 0.717) is 0 Å². The molecule has 0 fully saturated rings. The molecule has 1 rings (SSSR count). The van der Waals surface area contributed by atoms with Crippen LogP contribution in [0.5, 0.6) is 0 Å². The van der Waals surface area contributed by atoms with Crippen LogP contribution in [0, 0.1) is 11.3 Å². The van der Waals surface area contributed by atoms with E-state index >= 15 is 0 Å². The molecule has 0 radical (unpaired) electrons. The number of aromatic nitrogens is 1. The lowest BCUT2D eigenvalue weighted by Gasteiger charge is -1.99. The maximum Gasteiger partial charge on any atom is 0.410 e. The standard InChI is InChI=1S/C7H4ClN3O2/c8-5-1-6(11-7(12)13)10-3-4(5)2-9/h1,3H,(H,10,11)(H,12,13). The molecule has 0 saturated heterocycles. The van der Waals surface area contributed by atoms with Crippen LogP contribution < -0.4 is 5.32 Å². The molecule has 0 bridgehead atoms. The maximum absolute atomic E-state index is 10.2. The van der Waals surface area contributed by atoms with Crippen LogP contribution in [0.2, 0.25) is 5.02 Å². The Morgan fingerprint density at radius 1 is 1.77 bits per heavy atom. The van der Waals surface area contributed by atoms with Crippen molar-refractivity contribution in [2.24, 2.45) is 0 Å². The van der Waals surface area contributed by atoms with Crippen molar-refractivity contribution in [3.05, 3.63) is 22.8 Å². The molecule has 0 saturated carbocycles. The number of carbonyl (C=O) groups is 1. The summed E-state index contributed by atoms with van der Waals surface area (Å²) >= 11 is 5.62. The second-order valence-corrected chi connectivity index (χ2v) is 2.50. The van der Waals surface area contributed by atoms with Gasteiger partial charge in [0, 0.05) is 12.3 Å². The van der Waals surface area contributed by atoms with Crippen LogP contribution in [-0.2, 0) is 0 Å². The fraction of sp³-hybridized carbons (Fsp3) is 0. The van der Waals surface area contributed by atoms with Gasteiger partial charge < -0.3 is 5.11 Å². The first-order valence-corrected chi connectivity index (χ1v) is 3.57. The summed E-state index contributed by atoms with van der Waals surface area (Å²) < 4.78 is 0. The molecule has 0 aliphatic heterocycles. The Morgan fingerprint density at radius 3 is 2.92 bits per heavy atom. The van der Waals surface area contributed by atoms with E-state index in [9.17, 15) is 4.79 Å². The third-order valence-electron chi connectivity index (χ3n) is 1.21. The lowest BCUT2D eigenvalue weighted by molar-refractivity contribution is 0.209. The molecule has 1 aromatic heterocycles. The first-order valence-electron chi connectivity index (χ1n) is 3.19. The van der Waals surface area contributed by atoms with Gasteiger partial charge in [-0.3, -0.25) is 5.32 Å². The van der Waals surface area contributed by atoms with E-state index in [-0.39, 0.29) is 16.4 Å². The van der Waals surface area contributed by atoms with E-state index in [4.69, 9.17) is 22.0 Å². The second-order valence-electron chi connectivity index (χ2n) is 2.09. The van der Waals surface area contributed by atoms with Crippen molar-refractivity contribution in [3.8, 4) is 6.07 Å². The molecule has 2 N–H and O–H groups in total. The van der Waals surface area contributed by atoms with Crippen LogP contribution in [-0.4, -0.2) is 16.2 Å². The summed E-state index contributed by atoms with van der Waals surface area (Å²) in [5.74, 6) is 0.0940. The smallest absolute Gasteiger partial charge is 0.410 e. The van der Waals surface area contributed by atoms with Crippen molar-refractivity contribution >= 4 is 23.5 Å². The van der Waals surface area contributed by atoms with Crippen LogP contribution in [0.1, 0.15) is 5.56 Å². The lowest BCUT2D eigenvalue weighted by atomic mass is 10.3. The van der Waals surface area contributed by atoms with Crippen molar-refractivity contribution < 1.29 is 9.90 Å². The number of nitrogens with zero attached hydrogens (tertiary/aromatic N) is 2. The summed E-state index contributed by atoms with van der Waals surface area (Å²) in [5.41, 5.74) is 0.206. The van der Waals surface area contributed by atoms with Gasteiger partial charge in [0.25, 0.3) is 0 Å². The third kappa shape index (κ3) is 2.32. The first kappa shape index (κ1) is 9.29. The topological polar surface area (TPSA) is 86.0 Å². The minimum absolute atomic E-state index is 0.0940. The van der Waals surface area contributed by atoms with Gasteiger partial charge in [-0.05, 0) is 0 Å².